The van der Waals surface area contributed by atoms with Crippen LogP contribution in [0.25, 0.3) is 0 Å². The van der Waals surface area contributed by atoms with Gasteiger partial charge < -0.3 is 30.3 Å². The summed E-state index contributed by atoms with van der Waals surface area (Å²) < 4.78 is -0.627. The summed E-state index contributed by atoms with van der Waals surface area (Å²) in [6, 6.07) is 10.4. The molecular formula is C26H36N4O4. The smallest absolute Gasteiger partial charge is 0.196 e. The summed E-state index contributed by atoms with van der Waals surface area (Å²) in [5.74, 6) is -0.442. The van der Waals surface area contributed by atoms with Gasteiger partial charge in [0.25, 0.3) is 0 Å². The van der Waals surface area contributed by atoms with E-state index in [0.717, 1.165) is 0 Å². The number of hydroxylamine groups is 6. The van der Waals surface area contributed by atoms with Crippen LogP contribution in [0, 0.1) is 10.4 Å². The van der Waals surface area contributed by atoms with Crippen LogP contribution in [0.15, 0.2) is 36.4 Å². The molecule has 0 atom stereocenters. The lowest BCUT2D eigenvalue weighted by atomic mass is 9.82. The second-order valence-corrected chi connectivity index (χ2v) is 8.80. The number of ketones is 2. The Morgan fingerprint density at radius 2 is 1.00 bits per heavy atom. The van der Waals surface area contributed by atoms with Gasteiger partial charge >= 0.3 is 0 Å². The van der Waals surface area contributed by atoms with Crippen molar-refractivity contribution in [3.05, 3.63) is 69.1 Å². The molecule has 8 nitrogen and oxygen atoms in total. The van der Waals surface area contributed by atoms with Crippen molar-refractivity contribution in [2.75, 3.05) is 63.0 Å². The van der Waals surface area contributed by atoms with E-state index in [1.807, 2.05) is 27.7 Å². The number of anilines is 2. The van der Waals surface area contributed by atoms with Gasteiger partial charge in [0.2, 0.25) is 0 Å². The van der Waals surface area contributed by atoms with Gasteiger partial charge in [0.05, 0.1) is 63.5 Å². The lowest BCUT2D eigenvalue weighted by Gasteiger charge is -2.41. The monoisotopic (exact) mass is 468 g/mol. The molecular weight excluding hydrogens is 432 g/mol. The average Bonchev–Trinajstić information content (AvgIpc) is 2.86. The molecule has 0 saturated carbocycles. The van der Waals surface area contributed by atoms with Crippen molar-refractivity contribution >= 4 is 22.9 Å². The van der Waals surface area contributed by atoms with Crippen LogP contribution in [0.1, 0.15) is 59.5 Å². The first kappa shape index (κ1) is 25.8. The Labute approximate surface area is 201 Å². The SMILES string of the molecule is CC[N+]([O-])(CC)CCNc1cccc2c1C(=O)c1cccc(NCC[N+]([O-])(CC)CC)c1C2=O. The molecule has 34 heavy (non-hydrogen) atoms. The fourth-order valence-electron chi connectivity index (χ4n) is 4.40. The number of likely N-dealkylation sites (N-methyl/N-ethyl adjacent to an activating group) is 2. The van der Waals surface area contributed by atoms with Crippen molar-refractivity contribution < 1.29 is 18.9 Å². The minimum absolute atomic E-state index is 0.221. The van der Waals surface area contributed by atoms with Crippen LogP contribution >= 0.6 is 0 Å². The highest BCUT2D eigenvalue weighted by Gasteiger charge is 2.33. The highest BCUT2D eigenvalue weighted by molar-refractivity contribution is 6.31. The Bertz CT molecular complexity index is 962. The van der Waals surface area contributed by atoms with E-state index in [4.69, 9.17) is 0 Å². The number of carbonyl (C=O) groups is 2. The van der Waals surface area contributed by atoms with Crippen molar-refractivity contribution in [1.82, 2.24) is 0 Å². The summed E-state index contributed by atoms with van der Waals surface area (Å²) in [7, 11) is 0. The molecule has 2 aromatic carbocycles. The van der Waals surface area contributed by atoms with E-state index < -0.39 is 0 Å². The van der Waals surface area contributed by atoms with Gasteiger partial charge in [-0.3, -0.25) is 9.59 Å². The molecule has 0 fully saturated rings. The molecule has 0 spiro atoms. The van der Waals surface area contributed by atoms with Crippen molar-refractivity contribution in [3.8, 4) is 0 Å². The fraction of sp³-hybridized carbons (Fsp3) is 0.462. The number of rotatable bonds is 12. The summed E-state index contributed by atoms with van der Waals surface area (Å²) >= 11 is 0. The Morgan fingerprint density at radius 1 is 0.647 bits per heavy atom. The van der Waals surface area contributed by atoms with Crippen LogP contribution in [-0.2, 0) is 0 Å². The predicted octanol–water partition coefficient (Wildman–Crippen LogP) is 3.99. The van der Waals surface area contributed by atoms with E-state index in [1.165, 1.54) is 0 Å². The van der Waals surface area contributed by atoms with Crippen molar-refractivity contribution in [2.24, 2.45) is 0 Å². The molecule has 0 heterocycles. The van der Waals surface area contributed by atoms with E-state index >= 15 is 0 Å². The first-order valence-electron chi connectivity index (χ1n) is 12.2. The molecule has 184 valence electrons. The number of nitrogens with one attached hydrogen (secondary N) is 2. The van der Waals surface area contributed by atoms with E-state index in [9.17, 15) is 20.0 Å². The predicted molar refractivity (Wildman–Crippen MR) is 136 cm³/mol. The van der Waals surface area contributed by atoms with Gasteiger partial charge in [0.15, 0.2) is 11.6 Å². The van der Waals surface area contributed by atoms with E-state index in [1.54, 1.807) is 36.4 Å². The fourth-order valence-corrected chi connectivity index (χ4v) is 4.40. The number of fused-ring (bicyclic) bond motifs is 2. The van der Waals surface area contributed by atoms with Gasteiger partial charge in [0, 0.05) is 22.5 Å². The topological polar surface area (TPSA) is 104 Å². The van der Waals surface area contributed by atoms with Crippen molar-refractivity contribution in [1.29, 1.82) is 0 Å². The zero-order valence-electron chi connectivity index (χ0n) is 20.6. The van der Waals surface area contributed by atoms with Gasteiger partial charge in [-0.25, -0.2) is 0 Å². The van der Waals surface area contributed by atoms with Gasteiger partial charge in [-0.15, -0.1) is 0 Å². The molecule has 1 aliphatic carbocycles. The third-order valence-electron chi connectivity index (χ3n) is 7.05. The van der Waals surface area contributed by atoms with Crippen molar-refractivity contribution in [3.63, 3.8) is 0 Å². The summed E-state index contributed by atoms with van der Waals surface area (Å²) in [6.45, 7) is 10.9. The summed E-state index contributed by atoms with van der Waals surface area (Å²) in [6.07, 6.45) is 0. The van der Waals surface area contributed by atoms with E-state index in [0.29, 0.717) is 86.0 Å². The first-order chi connectivity index (χ1) is 16.2. The molecule has 0 bridgehead atoms. The second-order valence-electron chi connectivity index (χ2n) is 8.80. The van der Waals surface area contributed by atoms with Gasteiger partial charge in [0.1, 0.15) is 0 Å². The zero-order chi connectivity index (χ0) is 24.9. The molecule has 2 N–H and O–H groups in total. The van der Waals surface area contributed by atoms with Crippen molar-refractivity contribution in [2.45, 2.75) is 27.7 Å². The third kappa shape index (κ3) is 5.15. The van der Waals surface area contributed by atoms with Crippen LogP contribution in [0.2, 0.25) is 0 Å². The Morgan fingerprint density at radius 3 is 1.32 bits per heavy atom. The maximum atomic E-state index is 13.5. The highest BCUT2D eigenvalue weighted by Crippen LogP contribution is 2.35. The maximum absolute atomic E-state index is 13.5. The van der Waals surface area contributed by atoms with E-state index in [-0.39, 0.29) is 20.9 Å². The summed E-state index contributed by atoms with van der Waals surface area (Å²) in [5, 5.41) is 31.6. The van der Waals surface area contributed by atoms with Gasteiger partial charge in [-0.2, -0.15) is 0 Å². The molecule has 0 unspecified atom stereocenters. The normalized spacial score (nSPS) is 13.5. The summed E-state index contributed by atoms with van der Waals surface area (Å²) in [4.78, 5) is 27.0. The molecule has 0 radical (unpaired) electrons. The number of quaternary nitrogens is 2. The van der Waals surface area contributed by atoms with Crippen LogP contribution in [0.5, 0.6) is 0 Å². The molecule has 1 aliphatic rings. The Kier molecular flexibility index (Phi) is 8.09. The quantitative estimate of drug-likeness (QED) is 0.308. The Balaban J connectivity index is 1.85. The van der Waals surface area contributed by atoms with E-state index in [2.05, 4.69) is 10.6 Å². The lowest BCUT2D eigenvalue weighted by molar-refractivity contribution is -0.875. The maximum Gasteiger partial charge on any atom is 0.196 e. The molecule has 8 heteroatoms. The van der Waals surface area contributed by atoms with Crippen LogP contribution in [0.4, 0.5) is 11.4 Å². The number of benzene rings is 2. The molecule has 0 aromatic heterocycles. The number of hydrogen-bond acceptors (Lipinski definition) is 6. The number of carbonyl (C=O) groups excluding carboxylic acids is 2. The standard InChI is InChI=1S/C26H36N4O4/c1-5-29(33,6-2)17-15-27-21-13-9-11-19-23(21)25(31)20-12-10-14-22(24(20)26(19)32)28-16-18-30(34,7-3)8-4/h9-14,27-28H,5-8,15-18H2,1-4H3. The third-order valence-corrected chi connectivity index (χ3v) is 7.05. The van der Waals surface area contributed by atoms with Crippen LogP contribution in [-0.4, -0.2) is 73.2 Å². The minimum atomic E-state index is -0.313. The Hall–Kier alpha value is -2.78. The zero-order valence-corrected chi connectivity index (χ0v) is 20.6. The lowest BCUT2D eigenvalue weighted by Crippen LogP contribution is -2.45. The van der Waals surface area contributed by atoms with Gasteiger partial charge in [-0.05, 0) is 39.8 Å². The molecule has 0 amide bonds. The molecule has 3 rings (SSSR count). The average molecular weight is 469 g/mol. The van der Waals surface area contributed by atoms with Crippen LogP contribution in [0.3, 0.4) is 0 Å². The second kappa shape index (κ2) is 10.7. The molecule has 2 aromatic rings. The largest absolute Gasteiger partial charge is 0.633 e. The number of hydrogen-bond donors (Lipinski definition) is 2. The van der Waals surface area contributed by atoms with Gasteiger partial charge in [-0.1, -0.05) is 24.3 Å². The highest BCUT2D eigenvalue weighted by atomic mass is 16.5. The first-order valence-corrected chi connectivity index (χ1v) is 12.2. The van der Waals surface area contributed by atoms with Crippen LogP contribution < -0.4 is 10.6 Å². The minimum Gasteiger partial charge on any atom is -0.633 e. The molecule has 0 aliphatic heterocycles. The summed E-state index contributed by atoms with van der Waals surface area (Å²) in [5.41, 5.74) is 2.53. The number of nitrogens with zero attached hydrogens (tertiary/aromatic N) is 2. The molecule has 0 saturated heterocycles.